The topological polar surface area (TPSA) is 93.7 Å². The Balaban J connectivity index is 1.79. The van der Waals surface area contributed by atoms with Gasteiger partial charge in [0.05, 0.1) is 19.4 Å². The van der Waals surface area contributed by atoms with Crippen LogP contribution >= 0.6 is 11.3 Å². The maximum atomic E-state index is 12.9. The number of amides is 2. The highest BCUT2D eigenvalue weighted by Gasteiger charge is 2.20. The minimum atomic E-state index is -0.481. The summed E-state index contributed by atoms with van der Waals surface area (Å²) in [6.07, 6.45) is 0.671. The van der Waals surface area contributed by atoms with Crippen LogP contribution in [0.4, 0.5) is 5.69 Å². The molecule has 33 heavy (non-hydrogen) atoms. The number of anilines is 1. The van der Waals surface area contributed by atoms with Crippen molar-refractivity contribution in [2.75, 3.05) is 25.6 Å². The zero-order chi connectivity index (χ0) is 23.8. The van der Waals surface area contributed by atoms with Gasteiger partial charge in [0.1, 0.15) is 10.6 Å². The molecule has 0 aliphatic carbocycles. The van der Waals surface area contributed by atoms with Crippen molar-refractivity contribution in [2.24, 2.45) is 0 Å². The molecule has 1 aromatic heterocycles. The van der Waals surface area contributed by atoms with Gasteiger partial charge in [0.2, 0.25) is 5.91 Å². The summed E-state index contributed by atoms with van der Waals surface area (Å²) in [6.45, 7) is 3.98. The molecular weight excluding hydrogens is 440 g/mol. The molecule has 0 atom stereocenters. The third-order valence-electron chi connectivity index (χ3n) is 4.82. The molecule has 1 heterocycles. The standard InChI is InChI=1S/C25H26N2O5S/c1-4-32-25(30)23-21(15-22(33-23)18-9-11-20(31-3)12-10-18)27-24(29)19-7-5-17(6-8-19)13-14-26-16(2)28/h5-12,15H,4,13-14H2,1-3H3,(H,26,28)(H,27,29). The largest absolute Gasteiger partial charge is 0.497 e. The summed E-state index contributed by atoms with van der Waals surface area (Å²) in [5.41, 5.74) is 2.77. The summed E-state index contributed by atoms with van der Waals surface area (Å²) in [5.74, 6) is -0.151. The Morgan fingerprint density at radius 1 is 1.00 bits per heavy atom. The van der Waals surface area contributed by atoms with Crippen molar-refractivity contribution >= 4 is 34.8 Å². The first-order valence-electron chi connectivity index (χ1n) is 10.5. The smallest absolute Gasteiger partial charge is 0.350 e. The normalized spacial score (nSPS) is 10.4. The van der Waals surface area contributed by atoms with Gasteiger partial charge in [-0.3, -0.25) is 9.59 Å². The van der Waals surface area contributed by atoms with Crippen molar-refractivity contribution in [1.82, 2.24) is 5.32 Å². The minimum absolute atomic E-state index is 0.0758. The Bertz CT molecular complexity index is 1120. The van der Waals surface area contributed by atoms with E-state index in [4.69, 9.17) is 9.47 Å². The first-order chi connectivity index (χ1) is 15.9. The van der Waals surface area contributed by atoms with E-state index in [2.05, 4.69) is 10.6 Å². The Morgan fingerprint density at radius 3 is 2.30 bits per heavy atom. The number of methoxy groups -OCH3 is 1. The summed E-state index contributed by atoms with van der Waals surface area (Å²) in [6, 6.07) is 16.4. The van der Waals surface area contributed by atoms with Crippen LogP contribution in [0.2, 0.25) is 0 Å². The third kappa shape index (κ3) is 6.43. The van der Waals surface area contributed by atoms with Gasteiger partial charge in [0.15, 0.2) is 0 Å². The van der Waals surface area contributed by atoms with Crippen LogP contribution in [0.3, 0.4) is 0 Å². The number of nitrogens with one attached hydrogen (secondary N) is 2. The second-order valence-electron chi connectivity index (χ2n) is 7.19. The Hall–Kier alpha value is -3.65. The van der Waals surface area contributed by atoms with E-state index in [1.165, 1.54) is 18.3 Å². The minimum Gasteiger partial charge on any atom is -0.497 e. The van der Waals surface area contributed by atoms with Crippen molar-refractivity contribution in [3.63, 3.8) is 0 Å². The molecule has 2 aromatic carbocycles. The van der Waals surface area contributed by atoms with Gasteiger partial charge in [-0.05, 0) is 66.9 Å². The second-order valence-corrected chi connectivity index (χ2v) is 8.24. The number of hydrogen-bond donors (Lipinski definition) is 2. The molecular formula is C25H26N2O5S. The van der Waals surface area contributed by atoms with Gasteiger partial charge in [0, 0.05) is 23.9 Å². The predicted octanol–water partition coefficient (Wildman–Crippen LogP) is 4.53. The monoisotopic (exact) mass is 466 g/mol. The van der Waals surface area contributed by atoms with E-state index < -0.39 is 5.97 Å². The molecule has 3 rings (SSSR count). The lowest BCUT2D eigenvalue weighted by Crippen LogP contribution is -2.22. The number of benzene rings is 2. The predicted molar refractivity (Wildman–Crippen MR) is 129 cm³/mol. The van der Waals surface area contributed by atoms with Crippen LogP contribution < -0.4 is 15.4 Å². The molecule has 0 radical (unpaired) electrons. The first kappa shape index (κ1) is 24.0. The van der Waals surface area contributed by atoms with Crippen LogP contribution in [0, 0.1) is 0 Å². The summed E-state index contributed by atoms with van der Waals surface area (Å²) in [5, 5.41) is 5.59. The van der Waals surface area contributed by atoms with Gasteiger partial charge >= 0.3 is 5.97 Å². The van der Waals surface area contributed by atoms with Gasteiger partial charge in [0.25, 0.3) is 5.91 Å². The van der Waals surface area contributed by atoms with Crippen molar-refractivity contribution in [2.45, 2.75) is 20.3 Å². The molecule has 7 nitrogen and oxygen atoms in total. The van der Waals surface area contributed by atoms with Gasteiger partial charge in [-0.1, -0.05) is 12.1 Å². The van der Waals surface area contributed by atoms with E-state index >= 15 is 0 Å². The molecule has 0 spiro atoms. The summed E-state index contributed by atoms with van der Waals surface area (Å²) < 4.78 is 10.4. The fourth-order valence-corrected chi connectivity index (χ4v) is 4.14. The number of carbonyl (C=O) groups excluding carboxylic acids is 3. The van der Waals surface area contributed by atoms with E-state index in [1.54, 1.807) is 32.2 Å². The highest BCUT2D eigenvalue weighted by molar-refractivity contribution is 7.18. The van der Waals surface area contributed by atoms with E-state index in [-0.39, 0.29) is 18.4 Å². The molecule has 2 N–H and O–H groups in total. The average Bonchev–Trinajstić information content (AvgIpc) is 3.23. The van der Waals surface area contributed by atoms with Crippen LogP contribution in [0.25, 0.3) is 10.4 Å². The van der Waals surface area contributed by atoms with Crippen LogP contribution in [0.5, 0.6) is 5.75 Å². The lowest BCUT2D eigenvalue weighted by molar-refractivity contribution is -0.118. The second kappa shape index (κ2) is 11.3. The highest BCUT2D eigenvalue weighted by Crippen LogP contribution is 2.36. The molecule has 0 aliphatic rings. The van der Waals surface area contributed by atoms with E-state index in [0.29, 0.717) is 29.1 Å². The number of carbonyl (C=O) groups is 3. The molecule has 172 valence electrons. The number of hydrogen-bond acceptors (Lipinski definition) is 6. The van der Waals surface area contributed by atoms with Crippen molar-refractivity contribution in [3.05, 3.63) is 70.6 Å². The number of rotatable bonds is 9. The number of esters is 1. The maximum Gasteiger partial charge on any atom is 0.350 e. The summed E-state index contributed by atoms with van der Waals surface area (Å²) in [4.78, 5) is 37.5. The van der Waals surface area contributed by atoms with Crippen LogP contribution in [-0.4, -0.2) is 38.0 Å². The molecule has 8 heteroatoms. The molecule has 0 saturated heterocycles. The SMILES string of the molecule is CCOC(=O)c1sc(-c2ccc(OC)cc2)cc1NC(=O)c1ccc(CCNC(C)=O)cc1. The van der Waals surface area contributed by atoms with Crippen LogP contribution in [0.1, 0.15) is 39.4 Å². The fourth-order valence-electron chi connectivity index (χ4n) is 3.13. The molecule has 0 unspecified atom stereocenters. The lowest BCUT2D eigenvalue weighted by Gasteiger charge is -2.07. The van der Waals surface area contributed by atoms with Crippen LogP contribution in [0.15, 0.2) is 54.6 Å². The lowest BCUT2D eigenvalue weighted by atomic mass is 10.1. The zero-order valence-corrected chi connectivity index (χ0v) is 19.6. The highest BCUT2D eigenvalue weighted by atomic mass is 32.1. The van der Waals surface area contributed by atoms with Gasteiger partial charge < -0.3 is 20.1 Å². The van der Waals surface area contributed by atoms with Gasteiger partial charge in [-0.15, -0.1) is 11.3 Å². The first-order valence-corrected chi connectivity index (χ1v) is 11.3. The molecule has 0 aliphatic heterocycles. The van der Waals surface area contributed by atoms with E-state index in [9.17, 15) is 14.4 Å². The zero-order valence-electron chi connectivity index (χ0n) is 18.8. The quantitative estimate of drug-likeness (QED) is 0.452. The maximum absolute atomic E-state index is 12.9. The van der Waals surface area contributed by atoms with Gasteiger partial charge in [-0.2, -0.15) is 0 Å². The number of thiophene rings is 1. The Morgan fingerprint density at radius 2 is 1.70 bits per heavy atom. The Labute approximate surface area is 196 Å². The fraction of sp³-hybridized carbons (Fsp3) is 0.240. The molecule has 2 amide bonds. The van der Waals surface area contributed by atoms with E-state index in [0.717, 1.165) is 21.8 Å². The third-order valence-corrected chi connectivity index (χ3v) is 5.98. The summed E-state index contributed by atoms with van der Waals surface area (Å²) >= 11 is 1.26. The van der Waals surface area contributed by atoms with Crippen LogP contribution in [-0.2, 0) is 16.0 Å². The molecule has 0 fully saturated rings. The Kier molecular flexibility index (Phi) is 8.21. The average molecular weight is 467 g/mol. The van der Waals surface area contributed by atoms with E-state index in [1.807, 2.05) is 36.4 Å². The van der Waals surface area contributed by atoms with Crippen molar-refractivity contribution in [1.29, 1.82) is 0 Å². The number of ether oxygens (including phenoxy) is 2. The molecule has 0 saturated carbocycles. The van der Waals surface area contributed by atoms with Gasteiger partial charge in [-0.25, -0.2) is 4.79 Å². The van der Waals surface area contributed by atoms with Crippen molar-refractivity contribution < 1.29 is 23.9 Å². The van der Waals surface area contributed by atoms with Crippen molar-refractivity contribution in [3.8, 4) is 16.2 Å². The molecule has 3 aromatic rings. The molecule has 0 bridgehead atoms. The summed E-state index contributed by atoms with van der Waals surface area (Å²) in [7, 11) is 1.60.